The standard InChI is InChI=1S/C33H38F3N7O7S/c34-33(35)18-23(19-38)43(21-33)30(44)20-42-31(45)26-9-13-40-28-8-7-24(17-27(26)28)49-14-4-12-39-29(32(46)41-11-2-1-10-37)16-22-5-3-6-25(15-22)50-51(36,47)48/h3,5-9,13,15,17,23,29,39H,1-2,4,10-12,14,16,18,20-21,37H2,(H,41,46)(H,42,45). The summed E-state index contributed by atoms with van der Waals surface area (Å²) in [4.78, 5) is 43.6. The first kappa shape index (κ1) is 38.8. The van der Waals surface area contributed by atoms with Crippen molar-refractivity contribution >= 4 is 39.1 Å². The summed E-state index contributed by atoms with van der Waals surface area (Å²) in [5.41, 5.74) is 6.69. The summed E-state index contributed by atoms with van der Waals surface area (Å²) in [6.07, 6.45) is 2.66. The lowest BCUT2D eigenvalue weighted by atomic mass is 10.0. The molecule has 18 heteroatoms. The van der Waals surface area contributed by atoms with Gasteiger partial charge in [0.05, 0.1) is 42.9 Å². The quantitative estimate of drug-likeness (QED) is 0.110. The first-order chi connectivity index (χ1) is 24.3. The molecule has 14 nitrogen and oxygen atoms in total. The van der Waals surface area contributed by atoms with Gasteiger partial charge in [-0.1, -0.05) is 16.0 Å². The van der Waals surface area contributed by atoms with Crippen LogP contribution in [0.25, 0.3) is 10.9 Å². The van der Waals surface area contributed by atoms with Crippen LogP contribution in [0.1, 0.15) is 41.6 Å². The number of likely N-dealkylation sites (tertiary alicyclic amines) is 1. The second-order valence-corrected chi connectivity index (χ2v) is 12.7. The van der Waals surface area contributed by atoms with Gasteiger partial charge in [0.2, 0.25) is 11.8 Å². The van der Waals surface area contributed by atoms with Crippen molar-refractivity contribution in [2.45, 2.75) is 50.1 Å². The number of halogens is 3. The summed E-state index contributed by atoms with van der Waals surface area (Å²) in [6.45, 7) is -0.0324. The van der Waals surface area contributed by atoms with E-state index < -0.39 is 59.8 Å². The molecule has 2 unspecified atom stereocenters. The Morgan fingerprint density at radius 1 is 1.08 bits per heavy atom. The highest BCUT2D eigenvalue weighted by Crippen LogP contribution is 2.31. The number of amides is 3. The van der Waals surface area contributed by atoms with Gasteiger partial charge >= 0.3 is 10.5 Å². The van der Waals surface area contributed by atoms with Crippen LogP contribution in [0.3, 0.4) is 0 Å². The second kappa shape index (κ2) is 17.8. The fraction of sp³-hybridized carbons (Fsp3) is 0.424. The topological polar surface area (TPSA) is 206 Å². The van der Waals surface area contributed by atoms with Crippen molar-refractivity contribution in [3.05, 3.63) is 65.9 Å². The molecule has 0 radical (unpaired) electrons. The van der Waals surface area contributed by atoms with Crippen molar-refractivity contribution < 1.29 is 44.4 Å². The van der Waals surface area contributed by atoms with Gasteiger partial charge in [-0.25, -0.2) is 8.78 Å². The summed E-state index contributed by atoms with van der Waals surface area (Å²) in [7, 11) is -5.22. The molecule has 1 aromatic heterocycles. The number of unbranched alkanes of at least 4 members (excludes halogenated alkanes) is 1. The molecule has 0 bridgehead atoms. The smallest absolute Gasteiger partial charge is 0.488 e. The van der Waals surface area contributed by atoms with Gasteiger partial charge in [0.15, 0.2) is 0 Å². The molecule has 1 fully saturated rings. The van der Waals surface area contributed by atoms with E-state index in [1.54, 1.807) is 30.3 Å². The third-order valence-corrected chi connectivity index (χ3v) is 8.25. The summed E-state index contributed by atoms with van der Waals surface area (Å²) >= 11 is 0. The Morgan fingerprint density at radius 2 is 1.88 bits per heavy atom. The van der Waals surface area contributed by atoms with E-state index in [9.17, 15) is 35.5 Å². The Bertz CT molecular complexity index is 1860. The second-order valence-electron chi connectivity index (χ2n) is 11.8. The highest BCUT2D eigenvalue weighted by molar-refractivity contribution is 7.81. The van der Waals surface area contributed by atoms with Gasteiger partial charge in [0.1, 0.15) is 17.5 Å². The van der Waals surface area contributed by atoms with E-state index in [1.165, 1.54) is 30.5 Å². The highest BCUT2D eigenvalue weighted by Gasteiger charge is 2.47. The summed E-state index contributed by atoms with van der Waals surface area (Å²) in [5, 5.41) is 18.0. The summed E-state index contributed by atoms with van der Waals surface area (Å²) < 4.78 is 72.6. The van der Waals surface area contributed by atoms with Crippen molar-refractivity contribution in [3.8, 4) is 17.6 Å². The Morgan fingerprint density at radius 3 is 2.63 bits per heavy atom. The van der Waals surface area contributed by atoms with E-state index in [4.69, 9.17) is 15.7 Å². The van der Waals surface area contributed by atoms with E-state index in [1.807, 2.05) is 0 Å². The molecule has 1 aliphatic heterocycles. The third kappa shape index (κ3) is 11.8. The number of carbonyl (C=O) groups is 3. The number of ether oxygens (including phenoxy) is 1. The van der Waals surface area contributed by atoms with Gasteiger partial charge in [0, 0.05) is 24.5 Å². The normalized spacial score (nSPS) is 15.9. The van der Waals surface area contributed by atoms with E-state index in [2.05, 4.69) is 25.1 Å². The van der Waals surface area contributed by atoms with Crippen LogP contribution in [-0.2, 0) is 26.5 Å². The molecule has 2 heterocycles. The molecule has 0 saturated carbocycles. The zero-order valence-electron chi connectivity index (χ0n) is 27.4. The van der Waals surface area contributed by atoms with Crippen LogP contribution in [-0.4, -0.2) is 93.4 Å². The van der Waals surface area contributed by atoms with Crippen molar-refractivity contribution in [1.29, 1.82) is 5.26 Å². The lowest BCUT2D eigenvalue weighted by molar-refractivity contribution is -0.131. The number of aromatic nitrogens is 1. The van der Waals surface area contributed by atoms with Gasteiger partial charge in [-0.15, -0.1) is 0 Å². The Labute approximate surface area is 292 Å². The average molecular weight is 734 g/mol. The van der Waals surface area contributed by atoms with Crippen LogP contribution in [0.5, 0.6) is 11.5 Å². The fourth-order valence-electron chi connectivity index (χ4n) is 5.44. The van der Waals surface area contributed by atoms with Gasteiger partial charge in [-0.2, -0.15) is 13.7 Å². The first-order valence-corrected chi connectivity index (χ1v) is 17.4. The van der Waals surface area contributed by atoms with Crippen LogP contribution < -0.4 is 30.6 Å². The zero-order valence-corrected chi connectivity index (χ0v) is 28.3. The maximum atomic E-state index is 13.8. The molecule has 274 valence electrons. The molecule has 0 spiro atoms. The van der Waals surface area contributed by atoms with E-state index in [-0.39, 0.29) is 30.2 Å². The number of fused-ring (bicyclic) bond motifs is 1. The predicted octanol–water partition coefficient (Wildman–Crippen LogP) is 2.14. The maximum Gasteiger partial charge on any atom is 0.488 e. The van der Waals surface area contributed by atoms with Crippen LogP contribution >= 0.6 is 0 Å². The molecule has 5 N–H and O–H groups in total. The minimum Gasteiger partial charge on any atom is -0.494 e. The van der Waals surface area contributed by atoms with Crippen molar-refractivity contribution in [2.75, 3.05) is 39.3 Å². The number of benzene rings is 2. The molecule has 1 aliphatic rings. The summed E-state index contributed by atoms with van der Waals surface area (Å²) in [5.74, 6) is -4.74. The largest absolute Gasteiger partial charge is 0.494 e. The van der Waals surface area contributed by atoms with Crippen LogP contribution in [0, 0.1) is 11.3 Å². The number of nitriles is 1. The molecule has 1 saturated heterocycles. The number of carbonyl (C=O) groups excluding carboxylic acids is 3. The Kier molecular flexibility index (Phi) is 13.5. The molecule has 2 atom stereocenters. The summed E-state index contributed by atoms with van der Waals surface area (Å²) in [6, 6.07) is 11.8. The number of pyridine rings is 1. The van der Waals surface area contributed by atoms with Crippen molar-refractivity contribution in [2.24, 2.45) is 5.73 Å². The number of hydrogen-bond acceptors (Lipinski definition) is 11. The molecular formula is C33H38F3N7O7S. The molecule has 4 rings (SSSR count). The number of hydrogen-bond donors (Lipinski definition) is 4. The predicted molar refractivity (Wildman–Crippen MR) is 179 cm³/mol. The van der Waals surface area contributed by atoms with Gasteiger partial charge in [-0.3, -0.25) is 19.4 Å². The highest BCUT2D eigenvalue weighted by atomic mass is 32.3. The SMILES string of the molecule is N#CC1CC(F)(F)CN1C(=O)CNC(=O)c1ccnc2ccc(OCCCNC(Cc3cccc(OS(=O)(=O)F)c3)C(=O)NCCCCN)cc12. The lowest BCUT2D eigenvalue weighted by Crippen LogP contribution is -2.46. The third-order valence-electron chi connectivity index (χ3n) is 7.86. The molecule has 3 amide bonds. The van der Waals surface area contributed by atoms with Crippen LogP contribution in [0.2, 0.25) is 0 Å². The number of nitrogens with zero attached hydrogens (tertiary/aromatic N) is 3. The maximum absolute atomic E-state index is 13.8. The lowest BCUT2D eigenvalue weighted by Gasteiger charge is -2.19. The number of nitrogens with two attached hydrogens (primary N) is 1. The minimum absolute atomic E-state index is 0.143. The van der Waals surface area contributed by atoms with E-state index in [0.717, 1.165) is 11.3 Å². The van der Waals surface area contributed by atoms with Crippen LogP contribution in [0.4, 0.5) is 12.7 Å². The molecule has 3 aromatic rings. The fourth-order valence-corrected chi connectivity index (χ4v) is 5.77. The van der Waals surface area contributed by atoms with Gasteiger partial charge < -0.3 is 35.5 Å². The van der Waals surface area contributed by atoms with E-state index >= 15 is 0 Å². The minimum atomic E-state index is -5.22. The molecule has 2 aromatic carbocycles. The van der Waals surface area contributed by atoms with Crippen molar-refractivity contribution in [1.82, 2.24) is 25.8 Å². The van der Waals surface area contributed by atoms with E-state index in [0.29, 0.717) is 54.7 Å². The Balaban J connectivity index is 1.34. The van der Waals surface area contributed by atoms with Gasteiger partial charge in [0.25, 0.3) is 11.8 Å². The first-order valence-electron chi connectivity index (χ1n) is 16.1. The Hall–Kier alpha value is -4.99. The number of rotatable bonds is 18. The van der Waals surface area contributed by atoms with Crippen LogP contribution in [0.15, 0.2) is 54.7 Å². The number of nitrogens with one attached hydrogen (secondary N) is 3. The molecule has 51 heavy (non-hydrogen) atoms. The average Bonchev–Trinajstić information content (AvgIpc) is 3.41. The molecule has 0 aliphatic carbocycles. The molecular weight excluding hydrogens is 695 g/mol. The van der Waals surface area contributed by atoms with Crippen molar-refractivity contribution in [3.63, 3.8) is 0 Å². The number of alkyl halides is 2. The monoisotopic (exact) mass is 733 g/mol. The van der Waals surface area contributed by atoms with Gasteiger partial charge in [-0.05, 0) is 80.7 Å². The zero-order chi connectivity index (χ0) is 37.0.